The highest BCUT2D eigenvalue weighted by Gasteiger charge is 2.21. The van der Waals surface area contributed by atoms with Crippen LogP contribution in [-0.4, -0.2) is 33.0 Å². The molecule has 2 N–H and O–H groups in total. The van der Waals surface area contributed by atoms with E-state index in [-0.39, 0.29) is 46.2 Å². The number of fused-ring (bicyclic) bond motifs is 1. The normalized spacial score (nSPS) is 11.0. The number of aromatic nitrogens is 3. The molecular weight excluding hydrogens is 520 g/mol. The number of nitrogens with one attached hydrogen (secondary N) is 1. The number of carbonyl (C=O) groups is 1. The number of aryl methyl sites for hydroxylation is 2. The molecule has 0 aliphatic rings. The van der Waals surface area contributed by atoms with E-state index in [0.717, 1.165) is 6.07 Å². The molecule has 0 aliphatic heterocycles. The number of Topliss-reactive ketones (excluding diaryl/α,β-unsaturated/α-hetero) is 1. The van der Waals surface area contributed by atoms with E-state index in [0.29, 0.717) is 28.0 Å². The summed E-state index contributed by atoms with van der Waals surface area (Å²) in [6.45, 7) is 3.32. The summed E-state index contributed by atoms with van der Waals surface area (Å²) in [6.07, 6.45) is 1.20. The van der Waals surface area contributed by atoms with Crippen molar-refractivity contribution < 1.29 is 28.2 Å². The Bertz CT molecular complexity index is 1840. The summed E-state index contributed by atoms with van der Waals surface area (Å²) in [5, 5.41) is 9.96. The largest absolute Gasteiger partial charge is 0.503 e. The molecule has 0 radical (unpaired) electrons. The Labute approximate surface area is 226 Å². The van der Waals surface area contributed by atoms with Crippen LogP contribution < -0.4 is 14.9 Å². The lowest BCUT2D eigenvalue weighted by Crippen LogP contribution is -2.22. The maximum absolute atomic E-state index is 15.1. The van der Waals surface area contributed by atoms with Crippen molar-refractivity contribution in [2.75, 3.05) is 7.11 Å². The van der Waals surface area contributed by atoms with Crippen LogP contribution in [0.2, 0.25) is 0 Å². The van der Waals surface area contributed by atoms with Gasteiger partial charge in [0.05, 0.1) is 18.2 Å². The second kappa shape index (κ2) is 10.6. The standard InChI is InChI=1S/C30H23F2N3O5/c1-15-26(18-5-7-19(31)8-6-18)29(38)27(16(2)34-15)22(36)13-17-4-9-24(20(32)12-17)40-25-10-11-33-21-14-23(37)30(39-3)35-28(21)25/h4-12,14,37H,13H2,1-3H3,(H,34,38). The number of benzene rings is 2. The summed E-state index contributed by atoms with van der Waals surface area (Å²) in [4.78, 5) is 38.0. The number of ether oxygens (including phenoxy) is 2. The first kappa shape index (κ1) is 26.5. The van der Waals surface area contributed by atoms with E-state index in [4.69, 9.17) is 9.47 Å². The Balaban J connectivity index is 1.42. The van der Waals surface area contributed by atoms with Gasteiger partial charge in [-0.2, -0.15) is 0 Å². The molecule has 0 bridgehead atoms. The fourth-order valence-electron chi connectivity index (χ4n) is 4.55. The van der Waals surface area contributed by atoms with Gasteiger partial charge in [-0.15, -0.1) is 0 Å². The molecule has 10 heteroatoms. The van der Waals surface area contributed by atoms with Gasteiger partial charge in [-0.05, 0) is 49.2 Å². The maximum atomic E-state index is 15.1. The zero-order valence-corrected chi connectivity index (χ0v) is 21.7. The van der Waals surface area contributed by atoms with E-state index in [9.17, 15) is 19.1 Å². The molecule has 3 heterocycles. The van der Waals surface area contributed by atoms with Crippen molar-refractivity contribution in [1.82, 2.24) is 15.0 Å². The number of rotatable bonds is 7. The molecule has 3 aromatic heterocycles. The predicted molar refractivity (Wildman–Crippen MR) is 144 cm³/mol. The number of aromatic hydroxyl groups is 1. The van der Waals surface area contributed by atoms with Crippen molar-refractivity contribution in [2.24, 2.45) is 0 Å². The van der Waals surface area contributed by atoms with E-state index in [2.05, 4.69) is 15.0 Å². The van der Waals surface area contributed by atoms with E-state index in [1.54, 1.807) is 13.8 Å². The highest BCUT2D eigenvalue weighted by atomic mass is 19.1. The number of aromatic amines is 1. The van der Waals surface area contributed by atoms with Crippen LogP contribution in [0, 0.1) is 25.5 Å². The van der Waals surface area contributed by atoms with Crippen LogP contribution >= 0.6 is 0 Å². The molecular formula is C30H23F2N3O5. The Morgan fingerprint density at radius 3 is 2.45 bits per heavy atom. The average Bonchev–Trinajstić information content (AvgIpc) is 2.90. The summed E-state index contributed by atoms with van der Waals surface area (Å²) < 4.78 is 39.3. The molecule has 0 amide bonds. The zero-order chi connectivity index (χ0) is 28.6. The molecule has 0 spiro atoms. The highest BCUT2D eigenvalue weighted by molar-refractivity contribution is 5.99. The topological polar surface area (TPSA) is 114 Å². The van der Waals surface area contributed by atoms with Crippen molar-refractivity contribution in [2.45, 2.75) is 20.3 Å². The lowest BCUT2D eigenvalue weighted by atomic mass is 9.95. The summed E-state index contributed by atoms with van der Waals surface area (Å²) in [7, 11) is 1.35. The molecule has 0 fully saturated rings. The minimum atomic E-state index is -0.734. The third-order valence-electron chi connectivity index (χ3n) is 6.39. The minimum absolute atomic E-state index is 0.0383. The predicted octanol–water partition coefficient (Wildman–Crippen LogP) is 5.81. The van der Waals surface area contributed by atoms with Crippen LogP contribution in [-0.2, 0) is 6.42 Å². The van der Waals surface area contributed by atoms with E-state index in [1.807, 2.05) is 0 Å². The van der Waals surface area contributed by atoms with Gasteiger partial charge in [-0.25, -0.2) is 13.8 Å². The van der Waals surface area contributed by atoms with Crippen molar-refractivity contribution in [3.8, 4) is 34.3 Å². The van der Waals surface area contributed by atoms with Crippen LogP contribution in [0.15, 0.2) is 65.6 Å². The number of halogens is 2. The molecule has 8 nitrogen and oxygen atoms in total. The van der Waals surface area contributed by atoms with Crippen molar-refractivity contribution >= 4 is 16.8 Å². The van der Waals surface area contributed by atoms with Gasteiger partial charge in [0, 0.05) is 41.7 Å². The molecule has 0 saturated heterocycles. The molecule has 5 aromatic rings. The second-order valence-corrected chi connectivity index (χ2v) is 9.12. The van der Waals surface area contributed by atoms with Gasteiger partial charge >= 0.3 is 0 Å². The lowest BCUT2D eigenvalue weighted by Gasteiger charge is -2.13. The van der Waals surface area contributed by atoms with Gasteiger partial charge in [0.1, 0.15) is 11.3 Å². The van der Waals surface area contributed by atoms with Crippen LogP contribution in [0.4, 0.5) is 8.78 Å². The monoisotopic (exact) mass is 543 g/mol. The van der Waals surface area contributed by atoms with Gasteiger partial charge in [0.15, 0.2) is 28.8 Å². The maximum Gasteiger partial charge on any atom is 0.257 e. The Morgan fingerprint density at radius 1 is 1.00 bits per heavy atom. The van der Waals surface area contributed by atoms with Gasteiger partial charge in [-0.3, -0.25) is 14.6 Å². The fraction of sp³-hybridized carbons (Fsp3) is 0.133. The first-order chi connectivity index (χ1) is 19.2. The fourth-order valence-corrected chi connectivity index (χ4v) is 4.55. The molecule has 0 aliphatic carbocycles. The molecule has 0 atom stereocenters. The first-order valence-corrected chi connectivity index (χ1v) is 12.2. The van der Waals surface area contributed by atoms with E-state index < -0.39 is 22.8 Å². The van der Waals surface area contributed by atoms with Gasteiger partial charge < -0.3 is 19.6 Å². The first-order valence-electron chi connectivity index (χ1n) is 12.2. The van der Waals surface area contributed by atoms with Crippen molar-refractivity contribution in [1.29, 1.82) is 0 Å². The van der Waals surface area contributed by atoms with Gasteiger partial charge in [0.25, 0.3) is 5.88 Å². The lowest BCUT2D eigenvalue weighted by molar-refractivity contribution is 0.0991. The zero-order valence-electron chi connectivity index (χ0n) is 21.7. The highest BCUT2D eigenvalue weighted by Crippen LogP contribution is 2.34. The summed E-state index contributed by atoms with van der Waals surface area (Å²) >= 11 is 0. The number of hydrogen-bond acceptors (Lipinski definition) is 7. The Morgan fingerprint density at radius 2 is 1.75 bits per heavy atom. The summed E-state index contributed by atoms with van der Waals surface area (Å²) in [6, 6.07) is 12.4. The number of nitrogens with zero attached hydrogens (tertiary/aromatic N) is 2. The van der Waals surface area contributed by atoms with Crippen molar-refractivity contribution in [3.05, 3.63) is 105 Å². The number of hydrogen-bond donors (Lipinski definition) is 2. The molecule has 0 saturated carbocycles. The van der Waals surface area contributed by atoms with Crippen molar-refractivity contribution in [3.63, 3.8) is 0 Å². The molecule has 40 heavy (non-hydrogen) atoms. The smallest absolute Gasteiger partial charge is 0.257 e. The SMILES string of the molecule is COc1nc2c(Oc3ccc(CC(=O)c4c(C)[nH]c(C)c(-c5ccc(F)cc5)c4=O)cc3F)ccnc2cc1O. The second-order valence-electron chi connectivity index (χ2n) is 9.12. The molecule has 2 aromatic carbocycles. The Kier molecular flexibility index (Phi) is 7.00. The van der Waals surface area contributed by atoms with Crippen LogP contribution in [0.3, 0.4) is 0 Å². The molecule has 5 rings (SSSR count). The van der Waals surface area contributed by atoms with Crippen LogP contribution in [0.1, 0.15) is 27.3 Å². The average molecular weight is 544 g/mol. The van der Waals surface area contributed by atoms with Crippen LogP contribution in [0.25, 0.3) is 22.2 Å². The minimum Gasteiger partial charge on any atom is -0.503 e. The summed E-state index contributed by atoms with van der Waals surface area (Å²) in [5.41, 5.74) is 2.06. The quantitative estimate of drug-likeness (QED) is 0.249. The van der Waals surface area contributed by atoms with E-state index >= 15 is 4.39 Å². The number of carbonyl (C=O) groups excluding carboxylic acids is 1. The Hall–Kier alpha value is -5.12. The summed E-state index contributed by atoms with van der Waals surface area (Å²) in [5.74, 6) is -1.85. The number of methoxy groups -OCH3 is 1. The number of pyridine rings is 3. The third-order valence-corrected chi connectivity index (χ3v) is 6.39. The van der Waals surface area contributed by atoms with Crippen LogP contribution in [0.5, 0.6) is 23.1 Å². The van der Waals surface area contributed by atoms with Gasteiger partial charge in [0.2, 0.25) is 5.43 Å². The third kappa shape index (κ3) is 4.98. The molecule has 202 valence electrons. The number of H-pyrrole nitrogens is 1. The van der Waals surface area contributed by atoms with E-state index in [1.165, 1.54) is 61.8 Å². The number of ketones is 1. The molecule has 0 unspecified atom stereocenters. The van der Waals surface area contributed by atoms with Gasteiger partial charge in [-0.1, -0.05) is 18.2 Å².